The second-order valence-corrected chi connectivity index (χ2v) is 33.5. The van der Waals surface area contributed by atoms with Crippen molar-refractivity contribution in [2.45, 2.75) is 105 Å². The molecule has 6 nitrogen and oxygen atoms in total. The van der Waals surface area contributed by atoms with Gasteiger partial charge >= 0.3 is 0 Å². The molecule has 0 bridgehead atoms. The number of hydrogen-bond donors (Lipinski definition) is 0. The average Bonchev–Trinajstić information content (AvgIpc) is 1.62. The maximum atomic E-state index is 9.92. The van der Waals surface area contributed by atoms with Crippen LogP contribution in [0.5, 0.6) is 0 Å². The van der Waals surface area contributed by atoms with E-state index in [9.17, 15) is 8.22 Å². The van der Waals surface area contributed by atoms with E-state index in [0.717, 1.165) is 138 Å². The van der Waals surface area contributed by atoms with E-state index in [1.807, 2.05) is 30.3 Å². The van der Waals surface area contributed by atoms with E-state index in [2.05, 4.69) is 304 Å². The number of fused-ring (bicyclic) bond motifs is 16. The van der Waals surface area contributed by atoms with Gasteiger partial charge in [0.2, 0.25) is 0 Å². The van der Waals surface area contributed by atoms with Crippen molar-refractivity contribution in [3.8, 4) is 44.8 Å². The monoisotopic (exact) mass is 1390 g/mol. The van der Waals surface area contributed by atoms with E-state index < -0.39 is 43.0 Å². The molecule has 6 heterocycles. The molecule has 0 saturated heterocycles. The van der Waals surface area contributed by atoms with Gasteiger partial charge in [-0.3, -0.25) is 0 Å². The Morgan fingerprint density at radius 1 is 0.299 bits per heavy atom. The summed E-state index contributed by atoms with van der Waals surface area (Å²) in [5.74, 6) is 0. The third-order valence-corrected chi connectivity index (χ3v) is 22.7. The molecule has 107 heavy (non-hydrogen) atoms. The van der Waals surface area contributed by atoms with Gasteiger partial charge in [-0.25, -0.2) is 0 Å². The molecule has 0 amide bonds. The van der Waals surface area contributed by atoms with Crippen LogP contribution in [0.3, 0.4) is 0 Å². The molecular weight excluding hydrogens is 1300 g/mol. The van der Waals surface area contributed by atoms with Gasteiger partial charge in [-0.15, -0.1) is 0 Å². The van der Waals surface area contributed by atoms with Crippen LogP contribution in [0, 0.1) is 0 Å². The lowest BCUT2D eigenvalue weighted by molar-refractivity contribution is 0.590. The standard InChI is InChI=1S/C100H83BN4O2/c1-97(2,3)65-30-24-28-61(50-65)62-40-45-78-84(52-62)105(96-71(63-29-25-31-66(51-63)98(4,5)6)44-49-91-94(96)75-35-19-23-39-90(75)106-91)88-59-70(103-82-47-41-67(99(7,8)9)55-76(82)77-56-68(100(10,11)12)42-48-83(77)103)58-87-95(88)101(78)79-46-43-69(102-80-36-20-16-32-72(80)73-33-17-21-37-81(73)102)57-85(79)104(87)86-53-64(60-26-14-13-15-27-60)54-92-93(86)74-34-18-22-38-89(74)107-92/h13-59H,1-12H3/i16D,17D,20D,21D,32D,33D,36D,37D. The zero-order valence-corrected chi connectivity index (χ0v) is 62.2. The van der Waals surface area contributed by atoms with Crippen LogP contribution in [0.4, 0.5) is 34.1 Å². The van der Waals surface area contributed by atoms with Crippen molar-refractivity contribution < 1.29 is 19.8 Å². The Morgan fingerprint density at radius 2 is 0.785 bits per heavy atom. The Balaban J connectivity index is 1.02. The third kappa shape index (κ3) is 10.1. The molecule has 0 radical (unpaired) electrons. The molecule has 2 aliphatic heterocycles. The Labute approximate surface area is 636 Å². The van der Waals surface area contributed by atoms with Gasteiger partial charge in [0.15, 0.2) is 0 Å². The van der Waals surface area contributed by atoms with Crippen molar-refractivity contribution in [2.75, 3.05) is 9.80 Å². The second-order valence-electron chi connectivity index (χ2n) is 33.5. The molecule has 4 aromatic heterocycles. The van der Waals surface area contributed by atoms with E-state index in [1.165, 1.54) is 22.3 Å². The molecule has 0 N–H and O–H groups in total. The fourth-order valence-electron chi connectivity index (χ4n) is 17.2. The highest BCUT2D eigenvalue weighted by Crippen LogP contribution is 2.55. The van der Waals surface area contributed by atoms with Crippen LogP contribution in [0.2, 0.25) is 0 Å². The van der Waals surface area contributed by atoms with Crippen molar-refractivity contribution in [3.63, 3.8) is 0 Å². The summed E-state index contributed by atoms with van der Waals surface area (Å²) in [5, 5.41) is 5.86. The highest BCUT2D eigenvalue weighted by atomic mass is 16.3. The summed E-state index contributed by atoms with van der Waals surface area (Å²) >= 11 is 0. The normalized spacial score (nSPS) is 14.4. The number of anilines is 6. The molecule has 0 atom stereocenters. The van der Waals surface area contributed by atoms with Crippen molar-refractivity contribution in [2.24, 2.45) is 0 Å². The smallest absolute Gasteiger partial charge is 0.252 e. The van der Waals surface area contributed by atoms with Crippen LogP contribution in [-0.2, 0) is 21.7 Å². The zero-order chi connectivity index (χ0) is 79.9. The van der Waals surface area contributed by atoms with Gasteiger partial charge in [0.05, 0.1) is 60.9 Å². The molecule has 0 unspecified atom stereocenters. The summed E-state index contributed by atoms with van der Waals surface area (Å²) in [6.45, 7) is 26.7. The molecule has 518 valence electrons. The van der Waals surface area contributed by atoms with E-state index in [1.54, 1.807) is 4.57 Å². The Hall–Kier alpha value is -12.1. The van der Waals surface area contributed by atoms with Crippen LogP contribution in [-0.4, -0.2) is 15.8 Å². The minimum absolute atomic E-state index is 0.00479. The van der Waals surface area contributed by atoms with Crippen LogP contribution in [0.15, 0.2) is 294 Å². The first kappa shape index (κ1) is 56.3. The van der Waals surface area contributed by atoms with Crippen molar-refractivity contribution >= 4 is 145 Å². The van der Waals surface area contributed by atoms with Crippen LogP contribution < -0.4 is 26.2 Å². The van der Waals surface area contributed by atoms with Crippen LogP contribution >= 0.6 is 0 Å². The Kier molecular flexibility index (Phi) is 12.2. The lowest BCUT2D eigenvalue weighted by atomic mass is 9.33. The second kappa shape index (κ2) is 23.2. The van der Waals surface area contributed by atoms with Gasteiger partial charge in [0, 0.05) is 66.3 Å². The van der Waals surface area contributed by atoms with E-state index >= 15 is 0 Å². The van der Waals surface area contributed by atoms with Crippen LogP contribution in [0.25, 0.3) is 132 Å². The minimum atomic E-state index is -0.558. The first-order chi connectivity index (χ1) is 54.9. The topological polar surface area (TPSA) is 42.6 Å². The van der Waals surface area contributed by atoms with Gasteiger partial charge in [0.1, 0.15) is 22.3 Å². The minimum Gasteiger partial charge on any atom is -0.456 e. The van der Waals surface area contributed by atoms with Gasteiger partial charge in [-0.1, -0.05) is 265 Å². The number of hydrogen-bond acceptors (Lipinski definition) is 4. The largest absolute Gasteiger partial charge is 0.456 e. The Morgan fingerprint density at radius 3 is 1.41 bits per heavy atom. The van der Waals surface area contributed by atoms with Crippen molar-refractivity contribution in [1.82, 2.24) is 9.13 Å². The highest BCUT2D eigenvalue weighted by molar-refractivity contribution is 7.00. The molecule has 20 rings (SSSR count). The van der Waals surface area contributed by atoms with Crippen molar-refractivity contribution in [1.29, 1.82) is 0 Å². The summed E-state index contributed by atoms with van der Waals surface area (Å²) in [6.07, 6.45) is 0. The summed E-state index contributed by atoms with van der Waals surface area (Å²) in [6, 6.07) is 82.1. The fourth-order valence-corrected chi connectivity index (χ4v) is 17.2. The summed E-state index contributed by atoms with van der Waals surface area (Å²) in [4.78, 5) is 4.96. The lowest BCUT2D eigenvalue weighted by Crippen LogP contribution is -2.61. The molecular formula is C100H83BN4O2. The number of nitrogens with zero attached hydrogens (tertiary/aromatic N) is 4. The quantitative estimate of drug-likeness (QED) is 0.149. The van der Waals surface area contributed by atoms with E-state index in [-0.39, 0.29) is 55.6 Å². The molecule has 14 aromatic carbocycles. The molecule has 0 saturated carbocycles. The summed E-state index contributed by atoms with van der Waals surface area (Å²) in [5.41, 5.74) is 24.2. The predicted molar refractivity (Wildman–Crippen MR) is 455 cm³/mol. The van der Waals surface area contributed by atoms with E-state index in [4.69, 9.17) is 11.6 Å². The number of benzene rings is 14. The van der Waals surface area contributed by atoms with Gasteiger partial charge in [-0.2, -0.15) is 0 Å². The number of rotatable bonds is 7. The molecule has 7 heteroatoms. The van der Waals surface area contributed by atoms with Gasteiger partial charge in [-0.05, 0) is 191 Å². The molecule has 18 aromatic rings. The first-order valence-electron chi connectivity index (χ1n) is 41.2. The SMILES string of the molecule is [2H]c1c([2H])c([2H])c2c(c1[2H])c1c([2H])c([2H])c([2H])c([2H])c1n2-c1ccc2c(c1)N(c1cc(-c3ccccc3)cc3oc4ccccc4c13)c1cc(-n3c4ccc(C(C)(C)C)cc4c4cc(C(C)(C)C)ccc43)cc3c1B2c1ccc(-c2cccc(C(C)(C)C)c2)cc1N3c1c(-c2cccc(C(C)(C)C)c2)ccc2oc3ccccc3c12. The third-order valence-electron chi connectivity index (χ3n) is 22.7. The average molecular weight is 1390 g/mol. The lowest BCUT2D eigenvalue weighted by Gasteiger charge is -2.45. The summed E-state index contributed by atoms with van der Waals surface area (Å²) in [7, 11) is 0. The van der Waals surface area contributed by atoms with Crippen molar-refractivity contribution in [3.05, 3.63) is 307 Å². The maximum absolute atomic E-state index is 9.92. The zero-order valence-electron chi connectivity index (χ0n) is 70.2. The summed E-state index contributed by atoms with van der Waals surface area (Å²) < 4.78 is 94.5. The fraction of sp³-hybridized carbons (Fsp3) is 0.160. The molecule has 0 aliphatic carbocycles. The number of para-hydroxylation sites is 4. The van der Waals surface area contributed by atoms with Gasteiger partial charge in [0.25, 0.3) is 6.71 Å². The van der Waals surface area contributed by atoms with Gasteiger partial charge < -0.3 is 27.8 Å². The highest BCUT2D eigenvalue weighted by Gasteiger charge is 2.46. The number of furan rings is 2. The number of aromatic nitrogens is 2. The first-order valence-corrected chi connectivity index (χ1v) is 37.2. The predicted octanol–water partition coefficient (Wildman–Crippen LogP) is 26.0. The molecule has 0 fully saturated rings. The Bertz CT molecular complexity index is 7130. The van der Waals surface area contributed by atoms with E-state index in [0.29, 0.717) is 22.5 Å². The maximum Gasteiger partial charge on any atom is 0.252 e. The van der Waals surface area contributed by atoms with Crippen LogP contribution in [0.1, 0.15) is 116 Å². The molecule has 2 aliphatic rings. The molecule has 0 spiro atoms.